The second-order valence-corrected chi connectivity index (χ2v) is 10.1. The van der Waals surface area contributed by atoms with Gasteiger partial charge < -0.3 is 10.8 Å². The molecule has 174 valence electrons. The summed E-state index contributed by atoms with van der Waals surface area (Å²) < 4.78 is 25.0. The Balaban J connectivity index is 1.88. The van der Waals surface area contributed by atoms with E-state index in [-0.39, 0.29) is 38.0 Å². The van der Waals surface area contributed by atoms with Gasteiger partial charge in [-0.25, -0.2) is 23.3 Å². The highest BCUT2D eigenvalue weighted by Gasteiger charge is 2.24. The van der Waals surface area contributed by atoms with E-state index >= 15 is 0 Å². The Hall–Kier alpha value is -3.38. The Labute approximate surface area is 203 Å². The van der Waals surface area contributed by atoms with Gasteiger partial charge in [0, 0.05) is 11.3 Å². The Morgan fingerprint density at radius 1 is 1.09 bits per heavy atom. The molecule has 4 aromatic rings. The van der Waals surface area contributed by atoms with Gasteiger partial charge in [-0.05, 0) is 35.9 Å². The topological polar surface area (TPSA) is 158 Å². The van der Waals surface area contributed by atoms with Crippen LogP contribution in [0.3, 0.4) is 0 Å². The Morgan fingerprint density at radius 2 is 1.79 bits per heavy atom. The van der Waals surface area contributed by atoms with Crippen molar-refractivity contribution in [1.29, 1.82) is 0 Å². The Bertz CT molecular complexity index is 1550. The molecule has 0 atom stereocenters. The third-order valence-corrected chi connectivity index (χ3v) is 7.37. The molecule has 5 N–H and O–H groups in total. The molecule has 0 aliphatic carbocycles. The molecule has 0 saturated heterocycles. The number of nitrogens with two attached hydrogens (primary N) is 2. The maximum absolute atomic E-state index is 13.5. The van der Waals surface area contributed by atoms with Crippen molar-refractivity contribution in [3.8, 4) is 0 Å². The number of carbonyl (C=O) groups is 2. The number of benzene rings is 3. The minimum Gasteiger partial charge on any atom is -0.478 e. The molecular formula is C22H17ClN4O5S2. The van der Waals surface area contributed by atoms with E-state index in [1.807, 2.05) is 30.3 Å². The highest BCUT2D eigenvalue weighted by atomic mass is 35.5. The van der Waals surface area contributed by atoms with Crippen LogP contribution in [0, 0.1) is 0 Å². The summed E-state index contributed by atoms with van der Waals surface area (Å²) in [6.07, 6.45) is 0. The maximum atomic E-state index is 13.5. The van der Waals surface area contributed by atoms with Crippen molar-refractivity contribution in [3.63, 3.8) is 0 Å². The molecule has 0 aliphatic rings. The van der Waals surface area contributed by atoms with Crippen molar-refractivity contribution in [2.75, 3.05) is 5.73 Å². The molecule has 3 aromatic carbocycles. The molecule has 0 bridgehead atoms. The van der Waals surface area contributed by atoms with Gasteiger partial charge in [0.15, 0.2) is 5.16 Å². The van der Waals surface area contributed by atoms with Gasteiger partial charge >= 0.3 is 5.97 Å². The van der Waals surface area contributed by atoms with Gasteiger partial charge in [0.1, 0.15) is 10.4 Å². The van der Waals surface area contributed by atoms with E-state index in [1.165, 1.54) is 40.6 Å². The highest BCUT2D eigenvalue weighted by Crippen LogP contribution is 2.32. The standard InChI is InChI=1S/C22H17ClN4O5S2/c23-15-8-6-13(10-17(15)34(25,31)32)20(28)27-16-9-7-14(21(29)30)18(24)19(16)26-22(27)33-11-12-4-2-1-3-5-12/h1-10H,11,24H2,(H,29,30)(H2,25,31,32). The fourth-order valence-corrected chi connectivity index (χ4v) is 5.35. The summed E-state index contributed by atoms with van der Waals surface area (Å²) in [5.41, 5.74) is 7.21. The molecule has 0 spiro atoms. The zero-order chi connectivity index (χ0) is 24.6. The summed E-state index contributed by atoms with van der Waals surface area (Å²) in [4.78, 5) is 29.1. The minimum atomic E-state index is -4.18. The van der Waals surface area contributed by atoms with Crippen LogP contribution in [0.5, 0.6) is 0 Å². The third-order valence-electron chi connectivity index (χ3n) is 4.96. The zero-order valence-corrected chi connectivity index (χ0v) is 19.7. The van der Waals surface area contributed by atoms with Gasteiger partial charge in [-0.2, -0.15) is 0 Å². The lowest BCUT2D eigenvalue weighted by atomic mass is 10.1. The number of carboxylic acids is 1. The maximum Gasteiger partial charge on any atom is 0.337 e. The predicted octanol–water partition coefficient (Wildman–Crippen LogP) is 3.60. The van der Waals surface area contributed by atoms with Crippen molar-refractivity contribution in [3.05, 3.63) is 82.4 Å². The third kappa shape index (κ3) is 4.50. The smallest absolute Gasteiger partial charge is 0.337 e. The normalized spacial score (nSPS) is 11.6. The van der Waals surface area contributed by atoms with Gasteiger partial charge in [-0.3, -0.25) is 9.36 Å². The number of imidazole rings is 1. The molecule has 0 unspecified atom stereocenters. The average molecular weight is 517 g/mol. The van der Waals surface area contributed by atoms with Crippen LogP contribution in [0.25, 0.3) is 11.0 Å². The number of halogens is 1. The van der Waals surface area contributed by atoms with Crippen molar-refractivity contribution < 1.29 is 23.1 Å². The van der Waals surface area contributed by atoms with Crippen LogP contribution in [0.2, 0.25) is 5.02 Å². The number of nitrogen functional groups attached to an aromatic ring is 1. The molecule has 34 heavy (non-hydrogen) atoms. The molecule has 1 aromatic heterocycles. The SMILES string of the molecule is Nc1c(C(=O)O)ccc2c1nc(SCc1ccccc1)n2C(=O)c1ccc(Cl)c(S(N)(=O)=O)c1. The van der Waals surface area contributed by atoms with E-state index in [0.717, 1.165) is 11.6 Å². The van der Waals surface area contributed by atoms with E-state index in [4.69, 9.17) is 22.5 Å². The van der Waals surface area contributed by atoms with E-state index in [2.05, 4.69) is 4.98 Å². The number of primary sulfonamides is 1. The van der Waals surface area contributed by atoms with Gasteiger partial charge in [0.25, 0.3) is 5.91 Å². The molecule has 0 saturated carbocycles. The van der Waals surface area contributed by atoms with Gasteiger partial charge in [-0.15, -0.1) is 0 Å². The fraction of sp³-hybridized carbons (Fsp3) is 0.0455. The molecule has 0 radical (unpaired) electrons. The molecule has 0 fully saturated rings. The van der Waals surface area contributed by atoms with Crippen LogP contribution in [-0.2, 0) is 15.8 Å². The van der Waals surface area contributed by atoms with E-state index in [0.29, 0.717) is 5.75 Å². The molecule has 12 heteroatoms. The molecule has 1 heterocycles. The average Bonchev–Trinajstić information content (AvgIpc) is 3.17. The van der Waals surface area contributed by atoms with Crippen molar-refractivity contribution in [2.24, 2.45) is 5.14 Å². The van der Waals surface area contributed by atoms with E-state index < -0.39 is 26.8 Å². The number of hydrogen-bond acceptors (Lipinski definition) is 7. The van der Waals surface area contributed by atoms with Crippen molar-refractivity contribution in [2.45, 2.75) is 15.8 Å². The Kier molecular flexibility index (Phi) is 6.36. The number of rotatable bonds is 6. The van der Waals surface area contributed by atoms with Crippen LogP contribution >= 0.6 is 23.4 Å². The zero-order valence-electron chi connectivity index (χ0n) is 17.3. The first-order valence-electron chi connectivity index (χ1n) is 9.66. The van der Waals surface area contributed by atoms with Gasteiger partial charge in [0.2, 0.25) is 10.0 Å². The summed E-state index contributed by atoms with van der Waals surface area (Å²) in [7, 11) is -4.18. The van der Waals surface area contributed by atoms with Crippen LogP contribution < -0.4 is 10.9 Å². The summed E-state index contributed by atoms with van der Waals surface area (Å²) >= 11 is 7.20. The Morgan fingerprint density at radius 3 is 2.44 bits per heavy atom. The first-order valence-corrected chi connectivity index (χ1v) is 12.6. The van der Waals surface area contributed by atoms with Crippen molar-refractivity contribution in [1.82, 2.24) is 9.55 Å². The number of hydrogen-bond donors (Lipinski definition) is 3. The van der Waals surface area contributed by atoms with E-state index in [1.54, 1.807) is 0 Å². The molecular weight excluding hydrogens is 500 g/mol. The number of carboxylic acid groups (broad SMARTS) is 1. The summed E-state index contributed by atoms with van der Waals surface area (Å²) in [6.45, 7) is 0. The lowest BCUT2D eigenvalue weighted by Crippen LogP contribution is -2.17. The number of aromatic nitrogens is 2. The summed E-state index contributed by atoms with van der Waals surface area (Å²) in [6, 6.07) is 15.9. The van der Waals surface area contributed by atoms with E-state index in [9.17, 15) is 23.1 Å². The lowest BCUT2D eigenvalue weighted by Gasteiger charge is -2.10. The number of nitrogens with zero attached hydrogens (tertiary/aromatic N) is 2. The molecule has 9 nitrogen and oxygen atoms in total. The number of fused-ring (bicyclic) bond motifs is 1. The number of anilines is 1. The first-order chi connectivity index (χ1) is 16.1. The summed E-state index contributed by atoms with van der Waals surface area (Å²) in [5.74, 6) is -1.37. The largest absolute Gasteiger partial charge is 0.478 e. The van der Waals surface area contributed by atoms with Gasteiger partial charge in [0.05, 0.1) is 21.8 Å². The van der Waals surface area contributed by atoms with Gasteiger partial charge in [-0.1, -0.05) is 53.7 Å². The number of thioether (sulfide) groups is 1. The van der Waals surface area contributed by atoms with Crippen LogP contribution in [0.1, 0.15) is 26.3 Å². The first kappa shape index (κ1) is 23.8. The van der Waals surface area contributed by atoms with Crippen LogP contribution in [0.4, 0.5) is 5.69 Å². The number of sulfonamides is 1. The predicted molar refractivity (Wildman–Crippen MR) is 130 cm³/mol. The molecule has 0 aliphatic heterocycles. The second-order valence-electron chi connectivity index (χ2n) is 7.20. The summed E-state index contributed by atoms with van der Waals surface area (Å²) in [5, 5.41) is 14.8. The monoisotopic (exact) mass is 516 g/mol. The lowest BCUT2D eigenvalue weighted by molar-refractivity contribution is 0.0698. The van der Waals surface area contributed by atoms with Crippen LogP contribution in [-0.4, -0.2) is 35.0 Å². The molecule has 0 amide bonds. The number of carbonyl (C=O) groups excluding carboxylic acids is 1. The minimum absolute atomic E-state index is 0.00447. The fourth-order valence-electron chi connectivity index (χ4n) is 3.33. The van der Waals surface area contributed by atoms with Crippen molar-refractivity contribution >= 4 is 62.0 Å². The molecule has 4 rings (SSSR count). The number of aromatic carboxylic acids is 1. The quantitative estimate of drug-likeness (QED) is 0.259. The van der Waals surface area contributed by atoms with Crippen LogP contribution in [0.15, 0.2) is 70.7 Å². The highest BCUT2D eigenvalue weighted by molar-refractivity contribution is 7.98. The second kappa shape index (κ2) is 9.11.